The van der Waals surface area contributed by atoms with Gasteiger partial charge < -0.3 is 10.2 Å². The average Bonchev–Trinajstić information content (AvgIpc) is 2.99. The van der Waals surface area contributed by atoms with Gasteiger partial charge in [0.2, 0.25) is 0 Å². The van der Waals surface area contributed by atoms with Crippen LogP contribution in [0.25, 0.3) is 5.69 Å². The number of hydrogen-bond acceptors (Lipinski definition) is 3. The van der Waals surface area contributed by atoms with E-state index in [4.69, 9.17) is 0 Å². The number of anilines is 2. The van der Waals surface area contributed by atoms with Crippen molar-refractivity contribution in [3.63, 3.8) is 0 Å². The van der Waals surface area contributed by atoms with Crippen molar-refractivity contribution >= 4 is 17.3 Å². The fourth-order valence-corrected chi connectivity index (χ4v) is 2.73. The van der Waals surface area contributed by atoms with Gasteiger partial charge in [0, 0.05) is 25.5 Å². The molecule has 0 saturated carbocycles. The maximum atomic E-state index is 13.1. The molecule has 6 heteroatoms. The number of halogens is 1. The van der Waals surface area contributed by atoms with E-state index < -0.39 is 0 Å². The molecular weight excluding hydrogens is 331 g/mol. The SMILES string of the molecule is Cc1cc(N(C)C)ccc1NC(=O)c1cnn(-c2ccc(F)cc2)c1C. The lowest BCUT2D eigenvalue weighted by atomic mass is 10.1. The van der Waals surface area contributed by atoms with Crippen molar-refractivity contribution < 1.29 is 9.18 Å². The molecule has 0 atom stereocenters. The van der Waals surface area contributed by atoms with Gasteiger partial charge in [-0.2, -0.15) is 5.10 Å². The highest BCUT2D eigenvalue weighted by atomic mass is 19.1. The van der Waals surface area contributed by atoms with Crippen molar-refractivity contribution in [1.29, 1.82) is 0 Å². The molecule has 26 heavy (non-hydrogen) atoms. The van der Waals surface area contributed by atoms with Crippen LogP contribution in [0.5, 0.6) is 0 Å². The van der Waals surface area contributed by atoms with Crippen LogP contribution in [0.2, 0.25) is 0 Å². The van der Waals surface area contributed by atoms with E-state index in [0.29, 0.717) is 16.9 Å². The average molecular weight is 352 g/mol. The van der Waals surface area contributed by atoms with Gasteiger partial charge in [-0.15, -0.1) is 0 Å². The van der Waals surface area contributed by atoms with Crippen LogP contribution in [0.3, 0.4) is 0 Å². The van der Waals surface area contributed by atoms with Gasteiger partial charge in [0.25, 0.3) is 5.91 Å². The molecule has 0 aliphatic rings. The summed E-state index contributed by atoms with van der Waals surface area (Å²) in [6.45, 7) is 3.77. The Morgan fingerprint density at radius 1 is 1.12 bits per heavy atom. The predicted molar refractivity (Wildman–Crippen MR) is 102 cm³/mol. The summed E-state index contributed by atoms with van der Waals surface area (Å²) in [4.78, 5) is 14.7. The summed E-state index contributed by atoms with van der Waals surface area (Å²) in [5, 5.41) is 7.20. The number of aryl methyl sites for hydroxylation is 1. The third-order valence-corrected chi connectivity index (χ3v) is 4.30. The summed E-state index contributed by atoms with van der Waals surface area (Å²) in [6, 6.07) is 11.9. The molecule has 5 nitrogen and oxygen atoms in total. The maximum Gasteiger partial charge on any atom is 0.259 e. The monoisotopic (exact) mass is 352 g/mol. The molecule has 0 fully saturated rings. The zero-order chi connectivity index (χ0) is 18.8. The number of benzene rings is 2. The second-order valence-electron chi connectivity index (χ2n) is 6.38. The van der Waals surface area contributed by atoms with E-state index in [9.17, 15) is 9.18 Å². The van der Waals surface area contributed by atoms with Crippen molar-refractivity contribution in [3.05, 3.63) is 71.3 Å². The molecule has 0 radical (unpaired) electrons. The van der Waals surface area contributed by atoms with Crippen LogP contribution in [0.15, 0.2) is 48.7 Å². The third-order valence-electron chi connectivity index (χ3n) is 4.30. The standard InChI is InChI=1S/C20H21FN4O/c1-13-11-17(24(3)4)9-10-19(13)23-20(26)18-12-22-25(14(18)2)16-7-5-15(21)6-8-16/h5-12H,1-4H3,(H,23,26). The van der Waals surface area contributed by atoms with Gasteiger partial charge in [-0.05, 0) is 61.9 Å². The molecule has 3 aromatic rings. The minimum absolute atomic E-state index is 0.225. The molecular formula is C20H21FN4O. The molecule has 0 aliphatic heterocycles. The highest BCUT2D eigenvalue weighted by Gasteiger charge is 2.16. The molecule has 1 amide bonds. The number of nitrogens with one attached hydrogen (secondary N) is 1. The fourth-order valence-electron chi connectivity index (χ4n) is 2.73. The maximum absolute atomic E-state index is 13.1. The largest absolute Gasteiger partial charge is 0.378 e. The minimum atomic E-state index is -0.312. The Labute approximate surface area is 152 Å². The second-order valence-corrected chi connectivity index (χ2v) is 6.38. The number of aromatic nitrogens is 2. The van der Waals surface area contributed by atoms with Crippen molar-refractivity contribution in [2.45, 2.75) is 13.8 Å². The topological polar surface area (TPSA) is 50.2 Å². The summed E-state index contributed by atoms with van der Waals surface area (Å²) in [5.74, 6) is -0.537. The van der Waals surface area contributed by atoms with E-state index in [1.54, 1.807) is 16.8 Å². The van der Waals surface area contributed by atoms with E-state index in [2.05, 4.69) is 10.4 Å². The summed E-state index contributed by atoms with van der Waals surface area (Å²) >= 11 is 0. The summed E-state index contributed by atoms with van der Waals surface area (Å²) in [7, 11) is 3.94. The molecule has 0 unspecified atom stereocenters. The van der Waals surface area contributed by atoms with Crippen LogP contribution in [0.4, 0.5) is 15.8 Å². The van der Waals surface area contributed by atoms with Crippen molar-refractivity contribution in [2.75, 3.05) is 24.3 Å². The molecule has 1 heterocycles. The lowest BCUT2D eigenvalue weighted by molar-refractivity contribution is 0.102. The minimum Gasteiger partial charge on any atom is -0.378 e. The zero-order valence-electron chi connectivity index (χ0n) is 15.2. The Bertz CT molecular complexity index is 945. The van der Waals surface area contributed by atoms with Crippen LogP contribution in [0, 0.1) is 19.7 Å². The highest BCUT2D eigenvalue weighted by molar-refractivity contribution is 6.05. The molecule has 0 spiro atoms. The summed E-state index contributed by atoms with van der Waals surface area (Å²) < 4.78 is 14.7. The fraction of sp³-hybridized carbons (Fsp3) is 0.200. The number of carbonyl (C=O) groups is 1. The number of carbonyl (C=O) groups excluding carboxylic acids is 1. The lowest BCUT2D eigenvalue weighted by Gasteiger charge is -2.15. The Balaban J connectivity index is 1.84. The van der Waals surface area contributed by atoms with E-state index in [1.807, 2.05) is 51.0 Å². The molecule has 2 aromatic carbocycles. The summed E-state index contributed by atoms with van der Waals surface area (Å²) in [6.07, 6.45) is 1.53. The quantitative estimate of drug-likeness (QED) is 0.774. The molecule has 0 bridgehead atoms. The van der Waals surface area contributed by atoms with Crippen LogP contribution in [-0.4, -0.2) is 29.8 Å². The first-order valence-corrected chi connectivity index (χ1v) is 8.26. The Kier molecular flexibility index (Phi) is 4.75. The van der Waals surface area contributed by atoms with Gasteiger partial charge >= 0.3 is 0 Å². The molecule has 0 saturated heterocycles. The number of amides is 1. The third kappa shape index (κ3) is 3.44. The molecule has 1 aromatic heterocycles. The number of hydrogen-bond donors (Lipinski definition) is 1. The molecule has 3 rings (SSSR count). The molecule has 0 aliphatic carbocycles. The smallest absolute Gasteiger partial charge is 0.259 e. The normalized spacial score (nSPS) is 10.7. The highest BCUT2D eigenvalue weighted by Crippen LogP contribution is 2.23. The van der Waals surface area contributed by atoms with Crippen molar-refractivity contribution in [2.24, 2.45) is 0 Å². The van der Waals surface area contributed by atoms with Gasteiger partial charge in [0.05, 0.1) is 23.1 Å². The Morgan fingerprint density at radius 2 is 1.81 bits per heavy atom. The lowest BCUT2D eigenvalue weighted by Crippen LogP contribution is -2.15. The van der Waals surface area contributed by atoms with Crippen LogP contribution >= 0.6 is 0 Å². The first kappa shape index (κ1) is 17.7. The molecule has 134 valence electrons. The zero-order valence-corrected chi connectivity index (χ0v) is 15.2. The number of nitrogens with zero attached hydrogens (tertiary/aromatic N) is 3. The van der Waals surface area contributed by atoms with Gasteiger partial charge in [-0.25, -0.2) is 9.07 Å². The van der Waals surface area contributed by atoms with E-state index >= 15 is 0 Å². The van der Waals surface area contributed by atoms with Crippen LogP contribution < -0.4 is 10.2 Å². The Hall–Kier alpha value is -3.15. The van der Waals surface area contributed by atoms with Gasteiger partial charge in [0.1, 0.15) is 5.82 Å². The second kappa shape index (κ2) is 7.00. The van der Waals surface area contributed by atoms with E-state index in [1.165, 1.54) is 18.3 Å². The number of rotatable bonds is 4. The first-order valence-electron chi connectivity index (χ1n) is 8.26. The van der Waals surface area contributed by atoms with E-state index in [-0.39, 0.29) is 11.7 Å². The van der Waals surface area contributed by atoms with Crippen LogP contribution in [0.1, 0.15) is 21.6 Å². The molecule has 1 N–H and O–H groups in total. The predicted octanol–water partition coefficient (Wildman–Crippen LogP) is 3.95. The Morgan fingerprint density at radius 3 is 2.42 bits per heavy atom. The van der Waals surface area contributed by atoms with Crippen molar-refractivity contribution in [3.8, 4) is 5.69 Å². The van der Waals surface area contributed by atoms with Gasteiger partial charge in [0.15, 0.2) is 0 Å². The van der Waals surface area contributed by atoms with E-state index in [0.717, 1.165) is 16.9 Å². The van der Waals surface area contributed by atoms with Crippen LogP contribution in [-0.2, 0) is 0 Å². The van der Waals surface area contributed by atoms with Crippen molar-refractivity contribution in [1.82, 2.24) is 9.78 Å². The summed E-state index contributed by atoms with van der Waals surface area (Å²) in [5.41, 5.74) is 4.68. The van der Waals surface area contributed by atoms with Gasteiger partial charge in [-0.3, -0.25) is 4.79 Å². The van der Waals surface area contributed by atoms with Gasteiger partial charge in [-0.1, -0.05) is 0 Å². The first-order chi connectivity index (χ1) is 12.4.